The van der Waals surface area contributed by atoms with Crippen LogP contribution in [-0.2, 0) is 4.79 Å². The van der Waals surface area contributed by atoms with Crippen LogP contribution in [0.2, 0.25) is 0 Å². The fourth-order valence-electron chi connectivity index (χ4n) is 1.43. The van der Waals surface area contributed by atoms with Gasteiger partial charge >= 0.3 is 0 Å². The van der Waals surface area contributed by atoms with Crippen molar-refractivity contribution in [2.24, 2.45) is 4.99 Å². The molecule has 16 heavy (non-hydrogen) atoms. The Morgan fingerprint density at radius 3 is 2.44 bits per heavy atom. The van der Waals surface area contributed by atoms with Gasteiger partial charge in [-0.2, -0.15) is 0 Å². The molecule has 1 aliphatic heterocycles. The summed E-state index contributed by atoms with van der Waals surface area (Å²) in [7, 11) is 1.67. The van der Waals surface area contributed by atoms with Crippen molar-refractivity contribution in [2.45, 2.75) is 6.92 Å². The SMILES string of the molecule is CC1=N/C(=C/c2ccc(F)cc2)C(=O)N1C. The summed E-state index contributed by atoms with van der Waals surface area (Å²) >= 11 is 0. The van der Waals surface area contributed by atoms with Crippen molar-refractivity contribution in [3.05, 3.63) is 41.3 Å². The van der Waals surface area contributed by atoms with Crippen molar-refractivity contribution < 1.29 is 9.18 Å². The second kappa shape index (κ2) is 3.89. The van der Waals surface area contributed by atoms with E-state index in [0.717, 1.165) is 5.56 Å². The van der Waals surface area contributed by atoms with Gasteiger partial charge in [-0.3, -0.25) is 9.69 Å². The number of aliphatic imine (C=N–C) groups is 1. The molecular weight excluding hydrogens is 207 g/mol. The lowest BCUT2D eigenvalue weighted by molar-refractivity contribution is -0.121. The fourth-order valence-corrected chi connectivity index (χ4v) is 1.43. The molecule has 0 atom stereocenters. The number of carbonyl (C=O) groups excluding carboxylic acids is 1. The van der Waals surface area contributed by atoms with Crippen LogP contribution < -0.4 is 0 Å². The van der Waals surface area contributed by atoms with Gasteiger partial charge in [0.25, 0.3) is 5.91 Å². The van der Waals surface area contributed by atoms with E-state index in [9.17, 15) is 9.18 Å². The predicted molar refractivity (Wildman–Crippen MR) is 60.3 cm³/mol. The van der Waals surface area contributed by atoms with Crippen molar-refractivity contribution in [1.82, 2.24) is 4.90 Å². The molecule has 0 spiro atoms. The highest BCUT2D eigenvalue weighted by atomic mass is 19.1. The Morgan fingerprint density at radius 1 is 1.31 bits per heavy atom. The summed E-state index contributed by atoms with van der Waals surface area (Å²) in [6, 6.07) is 5.93. The smallest absolute Gasteiger partial charge is 0.277 e. The number of likely N-dealkylation sites (N-methyl/N-ethyl adjacent to an activating group) is 1. The maximum absolute atomic E-state index is 12.7. The summed E-state index contributed by atoms with van der Waals surface area (Å²) in [6.45, 7) is 1.77. The van der Waals surface area contributed by atoms with E-state index in [2.05, 4.69) is 4.99 Å². The topological polar surface area (TPSA) is 32.7 Å². The first kappa shape index (κ1) is 10.5. The van der Waals surface area contributed by atoms with Crippen LogP contribution >= 0.6 is 0 Å². The number of nitrogens with zero attached hydrogens (tertiary/aromatic N) is 2. The number of rotatable bonds is 1. The molecule has 1 heterocycles. The van der Waals surface area contributed by atoms with Gasteiger partial charge in [0.1, 0.15) is 17.3 Å². The monoisotopic (exact) mass is 218 g/mol. The number of amides is 1. The van der Waals surface area contributed by atoms with E-state index in [4.69, 9.17) is 0 Å². The molecule has 0 fully saturated rings. The van der Waals surface area contributed by atoms with E-state index in [1.54, 1.807) is 32.2 Å². The van der Waals surface area contributed by atoms with E-state index < -0.39 is 0 Å². The van der Waals surface area contributed by atoms with Crippen molar-refractivity contribution in [2.75, 3.05) is 7.05 Å². The van der Waals surface area contributed by atoms with Gasteiger partial charge in [-0.25, -0.2) is 9.38 Å². The van der Waals surface area contributed by atoms with Crippen LogP contribution in [0.4, 0.5) is 4.39 Å². The molecule has 0 unspecified atom stereocenters. The van der Waals surface area contributed by atoms with Gasteiger partial charge in [-0.15, -0.1) is 0 Å². The third-order valence-electron chi connectivity index (χ3n) is 2.46. The van der Waals surface area contributed by atoms with Gasteiger partial charge < -0.3 is 0 Å². The van der Waals surface area contributed by atoms with Gasteiger partial charge in [0.15, 0.2) is 0 Å². The van der Waals surface area contributed by atoms with Crippen LogP contribution in [0, 0.1) is 5.82 Å². The van der Waals surface area contributed by atoms with Gasteiger partial charge in [0.05, 0.1) is 0 Å². The fraction of sp³-hybridized carbons (Fsp3) is 0.167. The highest BCUT2D eigenvalue weighted by molar-refractivity contribution is 6.13. The predicted octanol–water partition coefficient (Wildman–Crippen LogP) is 2.06. The molecular formula is C12H11FN2O. The lowest BCUT2D eigenvalue weighted by atomic mass is 10.2. The highest BCUT2D eigenvalue weighted by Crippen LogP contribution is 2.16. The maximum atomic E-state index is 12.7. The van der Waals surface area contributed by atoms with E-state index in [1.807, 2.05) is 0 Å². The first-order valence-corrected chi connectivity index (χ1v) is 4.88. The maximum Gasteiger partial charge on any atom is 0.277 e. The summed E-state index contributed by atoms with van der Waals surface area (Å²) in [6.07, 6.45) is 1.65. The summed E-state index contributed by atoms with van der Waals surface area (Å²) in [5.41, 5.74) is 1.14. The molecule has 4 heteroatoms. The second-order valence-corrected chi connectivity index (χ2v) is 3.60. The number of benzene rings is 1. The minimum Gasteiger partial charge on any atom is -0.298 e. The van der Waals surface area contributed by atoms with Gasteiger partial charge in [-0.1, -0.05) is 12.1 Å². The Balaban J connectivity index is 2.32. The van der Waals surface area contributed by atoms with Crippen LogP contribution in [0.15, 0.2) is 35.0 Å². The average Bonchev–Trinajstić information content (AvgIpc) is 2.50. The van der Waals surface area contributed by atoms with Gasteiger partial charge in [0, 0.05) is 7.05 Å². The Morgan fingerprint density at radius 2 is 1.94 bits per heavy atom. The van der Waals surface area contributed by atoms with E-state index in [-0.39, 0.29) is 11.7 Å². The zero-order chi connectivity index (χ0) is 11.7. The van der Waals surface area contributed by atoms with Crippen LogP contribution in [0.5, 0.6) is 0 Å². The molecule has 1 aromatic rings. The molecule has 0 saturated carbocycles. The normalized spacial score (nSPS) is 18.2. The van der Waals surface area contributed by atoms with Crippen molar-refractivity contribution in [3.8, 4) is 0 Å². The molecule has 0 aliphatic carbocycles. The van der Waals surface area contributed by atoms with Crippen LogP contribution in [0.25, 0.3) is 6.08 Å². The van der Waals surface area contributed by atoms with E-state index >= 15 is 0 Å². The summed E-state index contributed by atoms with van der Waals surface area (Å²) in [4.78, 5) is 17.3. The van der Waals surface area contributed by atoms with Crippen LogP contribution in [0.1, 0.15) is 12.5 Å². The van der Waals surface area contributed by atoms with Crippen molar-refractivity contribution in [1.29, 1.82) is 0 Å². The molecule has 1 aliphatic rings. The molecule has 0 radical (unpaired) electrons. The zero-order valence-corrected chi connectivity index (χ0v) is 9.07. The molecule has 2 rings (SSSR count). The van der Waals surface area contributed by atoms with Gasteiger partial charge in [0.2, 0.25) is 0 Å². The highest BCUT2D eigenvalue weighted by Gasteiger charge is 2.23. The number of amidine groups is 1. The summed E-state index contributed by atoms with van der Waals surface area (Å²) in [5.74, 6) is 0.233. The number of hydrogen-bond donors (Lipinski definition) is 0. The average molecular weight is 218 g/mol. The van der Waals surface area contributed by atoms with E-state index in [1.165, 1.54) is 17.0 Å². The number of carbonyl (C=O) groups is 1. The molecule has 0 aromatic heterocycles. The molecule has 0 N–H and O–H groups in total. The first-order chi connectivity index (χ1) is 7.58. The molecule has 1 aromatic carbocycles. The second-order valence-electron chi connectivity index (χ2n) is 3.60. The Bertz CT molecular complexity index is 488. The van der Waals surface area contributed by atoms with Crippen molar-refractivity contribution >= 4 is 17.8 Å². The lowest BCUT2D eigenvalue weighted by Gasteiger charge is -2.05. The zero-order valence-electron chi connectivity index (χ0n) is 9.07. The quantitative estimate of drug-likeness (QED) is 0.664. The minimum atomic E-state index is -0.295. The van der Waals surface area contributed by atoms with Gasteiger partial charge in [-0.05, 0) is 30.7 Å². The Hall–Kier alpha value is -1.97. The standard InChI is InChI=1S/C12H11FN2O/c1-8-14-11(12(16)15(8)2)7-9-3-5-10(13)6-4-9/h3-7H,1-2H3/b11-7+. The Labute approximate surface area is 92.9 Å². The molecule has 82 valence electrons. The third-order valence-corrected chi connectivity index (χ3v) is 2.46. The largest absolute Gasteiger partial charge is 0.298 e. The number of halogens is 1. The first-order valence-electron chi connectivity index (χ1n) is 4.88. The number of hydrogen-bond acceptors (Lipinski definition) is 2. The van der Waals surface area contributed by atoms with Crippen molar-refractivity contribution in [3.63, 3.8) is 0 Å². The molecule has 3 nitrogen and oxygen atoms in total. The molecule has 0 bridgehead atoms. The summed E-state index contributed by atoms with van der Waals surface area (Å²) in [5, 5.41) is 0. The van der Waals surface area contributed by atoms with Crippen LogP contribution in [-0.4, -0.2) is 23.7 Å². The third kappa shape index (κ3) is 1.86. The molecule has 1 amide bonds. The van der Waals surface area contributed by atoms with Crippen LogP contribution in [0.3, 0.4) is 0 Å². The lowest BCUT2D eigenvalue weighted by Crippen LogP contribution is -2.25. The summed E-state index contributed by atoms with van der Waals surface area (Å²) < 4.78 is 12.7. The minimum absolute atomic E-state index is 0.137. The van der Waals surface area contributed by atoms with E-state index in [0.29, 0.717) is 11.5 Å². The Kier molecular flexibility index (Phi) is 2.56. The molecule has 0 saturated heterocycles.